The first-order valence-electron chi connectivity index (χ1n) is 12.2. The van der Waals surface area contributed by atoms with Crippen molar-refractivity contribution in [2.24, 2.45) is 0 Å². The molecule has 1 aromatic carbocycles. The Kier molecular flexibility index (Phi) is 7.14. The lowest BCUT2D eigenvalue weighted by molar-refractivity contribution is -0.142. The van der Waals surface area contributed by atoms with Crippen LogP contribution in [0.5, 0.6) is 0 Å². The molecule has 1 aliphatic heterocycles. The molecule has 4 rings (SSSR count). The quantitative estimate of drug-likeness (QED) is 0.728. The number of carbonyl (C=O) groups is 2. The molecule has 182 valence electrons. The first-order chi connectivity index (χ1) is 16.3. The molecular formula is C26H33FN4O3. The summed E-state index contributed by atoms with van der Waals surface area (Å²) in [6.45, 7) is 5.98. The summed E-state index contributed by atoms with van der Waals surface area (Å²) in [5, 5.41) is 6.61. The van der Waals surface area contributed by atoms with Gasteiger partial charge in [-0.2, -0.15) is 5.10 Å². The summed E-state index contributed by atoms with van der Waals surface area (Å²) < 4.78 is 14.7. The van der Waals surface area contributed by atoms with E-state index in [0.717, 1.165) is 37.7 Å². The molecule has 1 saturated carbocycles. The van der Waals surface area contributed by atoms with Crippen LogP contribution in [0.15, 0.2) is 23.0 Å². The minimum Gasteiger partial charge on any atom is -0.333 e. The first kappa shape index (κ1) is 24.1. The van der Waals surface area contributed by atoms with Gasteiger partial charge in [0.15, 0.2) is 0 Å². The van der Waals surface area contributed by atoms with Gasteiger partial charge in [-0.05, 0) is 56.4 Å². The van der Waals surface area contributed by atoms with Crippen molar-refractivity contribution in [2.75, 3.05) is 13.1 Å². The molecule has 1 N–H and O–H groups in total. The Labute approximate surface area is 199 Å². The molecule has 1 unspecified atom stereocenters. The minimum atomic E-state index is -0.605. The molecule has 7 nitrogen and oxygen atoms in total. The maximum atomic E-state index is 14.7. The lowest BCUT2D eigenvalue weighted by Crippen LogP contribution is -2.60. The van der Waals surface area contributed by atoms with Crippen LogP contribution in [0.25, 0.3) is 0 Å². The predicted octanol–water partition coefficient (Wildman–Crippen LogP) is 3.51. The van der Waals surface area contributed by atoms with Gasteiger partial charge in [0, 0.05) is 30.6 Å². The van der Waals surface area contributed by atoms with Crippen molar-refractivity contribution >= 4 is 11.8 Å². The van der Waals surface area contributed by atoms with Crippen LogP contribution in [0, 0.1) is 19.7 Å². The van der Waals surface area contributed by atoms with E-state index in [1.807, 2.05) is 18.7 Å². The zero-order chi connectivity index (χ0) is 24.4. The van der Waals surface area contributed by atoms with Crippen molar-refractivity contribution in [2.45, 2.75) is 77.8 Å². The van der Waals surface area contributed by atoms with E-state index in [1.54, 1.807) is 13.0 Å². The van der Waals surface area contributed by atoms with E-state index in [9.17, 15) is 18.8 Å². The summed E-state index contributed by atoms with van der Waals surface area (Å²) in [5.41, 5.74) is 2.47. The third kappa shape index (κ3) is 4.76. The molecule has 1 saturated heterocycles. The number of rotatable bonds is 5. The summed E-state index contributed by atoms with van der Waals surface area (Å²) in [5.74, 6) is -1.11. The van der Waals surface area contributed by atoms with Crippen LogP contribution in [0.2, 0.25) is 0 Å². The molecule has 2 amide bonds. The van der Waals surface area contributed by atoms with Crippen molar-refractivity contribution in [3.05, 3.63) is 62.3 Å². The number of nitrogens with zero attached hydrogens (tertiary/aromatic N) is 3. The van der Waals surface area contributed by atoms with Crippen LogP contribution in [-0.2, 0) is 11.2 Å². The molecule has 8 heteroatoms. The van der Waals surface area contributed by atoms with Gasteiger partial charge in [0.1, 0.15) is 12.4 Å². The van der Waals surface area contributed by atoms with Gasteiger partial charge < -0.3 is 9.80 Å². The number of amides is 2. The first-order valence-corrected chi connectivity index (χ1v) is 12.2. The highest BCUT2D eigenvalue weighted by molar-refractivity contribution is 5.97. The predicted molar refractivity (Wildman–Crippen MR) is 127 cm³/mol. The van der Waals surface area contributed by atoms with E-state index < -0.39 is 11.7 Å². The number of H-pyrrole nitrogens is 1. The highest BCUT2D eigenvalue weighted by Crippen LogP contribution is 2.28. The molecule has 1 atom stereocenters. The normalized spacial score (nSPS) is 19.5. The van der Waals surface area contributed by atoms with Crippen molar-refractivity contribution < 1.29 is 14.0 Å². The Balaban J connectivity index is 1.54. The standard InChI is InChI=1S/C26H33FN4O3/c1-4-19-14-30(15-24(32)31(19)20-8-6-5-7-9-20)26(34)21-12-18(10-11-22(21)27)13-23-16(2)17(3)25(33)29-28-23/h10-12,19-20H,4-9,13-15H2,1-3H3,(H,29,33). The largest absolute Gasteiger partial charge is 0.333 e. The Bertz CT molecular complexity index is 1140. The van der Waals surface area contributed by atoms with E-state index in [0.29, 0.717) is 29.8 Å². The van der Waals surface area contributed by atoms with Gasteiger partial charge in [-0.25, -0.2) is 9.49 Å². The summed E-state index contributed by atoms with van der Waals surface area (Å²) in [6, 6.07) is 4.65. The third-order valence-corrected chi connectivity index (χ3v) is 7.43. The molecule has 2 aromatic rings. The number of piperazine rings is 1. The van der Waals surface area contributed by atoms with Gasteiger partial charge >= 0.3 is 0 Å². The molecular weight excluding hydrogens is 435 g/mol. The number of hydrogen-bond acceptors (Lipinski definition) is 4. The Morgan fingerprint density at radius 3 is 2.59 bits per heavy atom. The zero-order valence-corrected chi connectivity index (χ0v) is 20.2. The number of hydrogen-bond donors (Lipinski definition) is 1. The van der Waals surface area contributed by atoms with E-state index in [2.05, 4.69) is 10.2 Å². The third-order valence-electron chi connectivity index (χ3n) is 7.43. The average Bonchev–Trinajstić information content (AvgIpc) is 2.85. The summed E-state index contributed by atoms with van der Waals surface area (Å²) >= 11 is 0. The molecule has 1 aliphatic carbocycles. The van der Waals surface area contributed by atoms with E-state index in [4.69, 9.17) is 0 Å². The number of nitrogens with one attached hydrogen (secondary N) is 1. The van der Waals surface area contributed by atoms with Gasteiger partial charge in [0.05, 0.1) is 11.3 Å². The molecule has 34 heavy (non-hydrogen) atoms. The molecule has 2 fully saturated rings. The van der Waals surface area contributed by atoms with E-state index in [1.165, 1.54) is 23.5 Å². The summed E-state index contributed by atoms with van der Waals surface area (Å²) in [7, 11) is 0. The highest BCUT2D eigenvalue weighted by atomic mass is 19.1. The fourth-order valence-corrected chi connectivity index (χ4v) is 5.25. The van der Waals surface area contributed by atoms with Gasteiger partial charge in [0.2, 0.25) is 5.91 Å². The van der Waals surface area contributed by atoms with Gasteiger partial charge in [-0.15, -0.1) is 0 Å². The van der Waals surface area contributed by atoms with E-state index in [-0.39, 0.29) is 35.7 Å². The molecule has 0 radical (unpaired) electrons. The van der Waals surface area contributed by atoms with Crippen LogP contribution >= 0.6 is 0 Å². The number of halogens is 1. The van der Waals surface area contributed by atoms with Crippen LogP contribution in [0.1, 0.15) is 78.2 Å². The van der Waals surface area contributed by atoms with Crippen molar-refractivity contribution in [1.82, 2.24) is 20.0 Å². The lowest BCUT2D eigenvalue weighted by Gasteiger charge is -2.46. The van der Waals surface area contributed by atoms with Crippen molar-refractivity contribution in [3.8, 4) is 0 Å². The Morgan fingerprint density at radius 1 is 1.15 bits per heavy atom. The van der Waals surface area contributed by atoms with Crippen LogP contribution in [-0.4, -0.2) is 57.0 Å². The number of aromatic amines is 1. The zero-order valence-electron chi connectivity index (χ0n) is 20.2. The van der Waals surface area contributed by atoms with Crippen LogP contribution < -0.4 is 5.56 Å². The topological polar surface area (TPSA) is 86.4 Å². The van der Waals surface area contributed by atoms with Crippen LogP contribution in [0.4, 0.5) is 4.39 Å². The SMILES string of the molecule is CCC1CN(C(=O)c2cc(Cc3n[nH]c(=O)c(C)c3C)ccc2F)CC(=O)N1C1CCCCC1. The monoisotopic (exact) mass is 468 g/mol. The number of carbonyl (C=O) groups excluding carboxylic acids is 2. The van der Waals surface area contributed by atoms with Crippen molar-refractivity contribution in [3.63, 3.8) is 0 Å². The fourth-order valence-electron chi connectivity index (χ4n) is 5.25. The highest BCUT2D eigenvalue weighted by Gasteiger charge is 2.38. The van der Waals surface area contributed by atoms with Crippen molar-refractivity contribution in [1.29, 1.82) is 0 Å². The average molecular weight is 469 g/mol. The maximum absolute atomic E-state index is 14.7. The molecule has 0 spiro atoms. The van der Waals surface area contributed by atoms with E-state index >= 15 is 0 Å². The van der Waals surface area contributed by atoms with Crippen LogP contribution in [0.3, 0.4) is 0 Å². The second-order valence-electron chi connectivity index (χ2n) is 9.58. The smallest absolute Gasteiger partial charge is 0.267 e. The van der Waals surface area contributed by atoms with Gasteiger partial charge in [0.25, 0.3) is 11.5 Å². The summed E-state index contributed by atoms with van der Waals surface area (Å²) in [4.78, 5) is 41.7. The number of aromatic nitrogens is 2. The maximum Gasteiger partial charge on any atom is 0.267 e. The van der Waals surface area contributed by atoms with Gasteiger partial charge in [-0.1, -0.05) is 32.3 Å². The fraction of sp³-hybridized carbons (Fsp3) is 0.538. The molecule has 0 bridgehead atoms. The molecule has 2 aliphatic rings. The molecule has 2 heterocycles. The lowest BCUT2D eigenvalue weighted by atomic mass is 9.91. The minimum absolute atomic E-state index is 0.0186. The Hall–Kier alpha value is -3.03. The second kappa shape index (κ2) is 10.1. The van der Waals surface area contributed by atoms with Gasteiger partial charge in [-0.3, -0.25) is 14.4 Å². The second-order valence-corrected chi connectivity index (χ2v) is 9.58. The molecule has 1 aromatic heterocycles. The summed E-state index contributed by atoms with van der Waals surface area (Å²) in [6.07, 6.45) is 6.63. The Morgan fingerprint density at radius 2 is 1.88 bits per heavy atom. The number of benzene rings is 1.